The van der Waals surface area contributed by atoms with Gasteiger partial charge >= 0.3 is 191 Å². The van der Waals surface area contributed by atoms with Gasteiger partial charge < -0.3 is 0 Å². The van der Waals surface area contributed by atoms with E-state index in [9.17, 15) is 9.59 Å². The maximum atomic E-state index is 13.0. The molecule has 0 bridgehead atoms. The molecule has 0 radical (unpaired) electrons. The van der Waals surface area contributed by atoms with Gasteiger partial charge in [0, 0.05) is 0 Å². The summed E-state index contributed by atoms with van der Waals surface area (Å²) in [6.07, 6.45) is 2.74. The number of methoxy groups -OCH3 is 1. The SMILES string of the molecule is C=CCCC1(C(=O)OC)CN(C(=O)OCc2ccccc2)CC1C[Se]c1ccccc1. The first-order valence-electron chi connectivity index (χ1n) is 10.4. The maximum absolute atomic E-state index is 13.0. The molecular weight excluding hydrogens is 457 g/mol. The second-order valence-electron chi connectivity index (χ2n) is 7.72. The normalized spacial score (nSPS) is 20.3. The quantitative estimate of drug-likeness (QED) is 0.307. The van der Waals surface area contributed by atoms with Gasteiger partial charge in [0.2, 0.25) is 0 Å². The van der Waals surface area contributed by atoms with Gasteiger partial charge in [-0.15, -0.1) is 0 Å². The number of benzene rings is 2. The molecule has 1 aliphatic heterocycles. The Balaban J connectivity index is 1.75. The predicted octanol–water partition coefficient (Wildman–Crippen LogP) is 3.83. The van der Waals surface area contributed by atoms with E-state index in [0.717, 1.165) is 10.9 Å². The van der Waals surface area contributed by atoms with Gasteiger partial charge in [-0.3, -0.25) is 0 Å². The van der Waals surface area contributed by atoms with Gasteiger partial charge in [0.1, 0.15) is 0 Å². The second kappa shape index (κ2) is 11.2. The van der Waals surface area contributed by atoms with Crippen molar-refractivity contribution in [1.82, 2.24) is 4.90 Å². The van der Waals surface area contributed by atoms with Crippen LogP contribution in [-0.2, 0) is 20.9 Å². The number of amides is 1. The van der Waals surface area contributed by atoms with Crippen LogP contribution in [0.2, 0.25) is 5.32 Å². The number of hydrogen-bond donors (Lipinski definition) is 0. The van der Waals surface area contributed by atoms with Crippen LogP contribution in [-0.4, -0.2) is 52.1 Å². The monoisotopic (exact) mass is 487 g/mol. The molecule has 0 aliphatic carbocycles. The third-order valence-electron chi connectivity index (χ3n) is 5.74. The van der Waals surface area contributed by atoms with Gasteiger partial charge in [-0.1, -0.05) is 0 Å². The van der Waals surface area contributed by atoms with Crippen LogP contribution < -0.4 is 4.46 Å². The van der Waals surface area contributed by atoms with E-state index in [4.69, 9.17) is 9.47 Å². The number of ether oxygens (including phenoxy) is 2. The number of nitrogens with zero attached hydrogens (tertiary/aromatic N) is 1. The molecule has 0 N–H and O–H groups in total. The van der Waals surface area contributed by atoms with Crippen molar-refractivity contribution in [2.45, 2.75) is 24.8 Å². The number of esters is 1. The van der Waals surface area contributed by atoms with E-state index >= 15 is 0 Å². The van der Waals surface area contributed by atoms with Crippen LogP contribution in [0.4, 0.5) is 4.79 Å². The number of likely N-dealkylation sites (tertiary alicyclic amines) is 1. The van der Waals surface area contributed by atoms with Crippen molar-refractivity contribution in [2.75, 3.05) is 20.2 Å². The number of carbonyl (C=O) groups is 2. The number of hydrogen-bond acceptors (Lipinski definition) is 4. The number of carbonyl (C=O) groups excluding carboxylic acids is 2. The van der Waals surface area contributed by atoms with E-state index in [2.05, 4.69) is 18.7 Å². The molecule has 2 aromatic rings. The summed E-state index contributed by atoms with van der Waals surface area (Å²) < 4.78 is 12.1. The molecule has 0 saturated carbocycles. The van der Waals surface area contributed by atoms with Crippen LogP contribution in [0.15, 0.2) is 73.3 Å². The standard InChI is InChI=1S/C25H29NO4Se/c1-3-4-15-25(23(27)29-2)19-26(24(28)30-17-20-11-7-5-8-12-20)16-21(25)18-31-22-13-9-6-10-14-22/h3,5-14,21H,1,4,15-19H2,2H3. The predicted molar refractivity (Wildman–Crippen MR) is 122 cm³/mol. The summed E-state index contributed by atoms with van der Waals surface area (Å²) in [5.74, 6) is -0.231. The van der Waals surface area contributed by atoms with Gasteiger partial charge in [-0.05, 0) is 0 Å². The Labute approximate surface area is 190 Å². The summed E-state index contributed by atoms with van der Waals surface area (Å²) >= 11 is 0.198. The van der Waals surface area contributed by atoms with Crippen molar-refractivity contribution in [3.63, 3.8) is 0 Å². The molecule has 1 heterocycles. The molecular formula is C25H29NO4Se. The minimum atomic E-state index is -0.731. The summed E-state index contributed by atoms with van der Waals surface area (Å²) in [5.41, 5.74) is 0.204. The van der Waals surface area contributed by atoms with E-state index < -0.39 is 5.41 Å². The Bertz CT molecular complexity index is 874. The van der Waals surface area contributed by atoms with Crippen LogP contribution in [0.1, 0.15) is 18.4 Å². The molecule has 2 unspecified atom stereocenters. The van der Waals surface area contributed by atoms with Crippen LogP contribution in [0.25, 0.3) is 0 Å². The summed E-state index contributed by atoms with van der Waals surface area (Å²) in [6, 6.07) is 19.9. The van der Waals surface area contributed by atoms with Gasteiger partial charge in [0.25, 0.3) is 0 Å². The fraction of sp³-hybridized carbons (Fsp3) is 0.360. The van der Waals surface area contributed by atoms with Gasteiger partial charge in [0.05, 0.1) is 0 Å². The Morgan fingerprint density at radius 3 is 2.48 bits per heavy atom. The summed E-state index contributed by atoms with van der Waals surface area (Å²) in [5, 5.41) is 0.853. The number of allylic oxidation sites excluding steroid dienone is 1. The second-order valence-corrected chi connectivity index (χ2v) is 10.0. The molecule has 1 aliphatic rings. The van der Waals surface area contributed by atoms with E-state index in [0.29, 0.717) is 25.9 Å². The zero-order valence-corrected chi connectivity index (χ0v) is 19.6. The minimum absolute atomic E-state index is 0.0179. The first-order chi connectivity index (χ1) is 15.1. The Morgan fingerprint density at radius 2 is 1.84 bits per heavy atom. The zero-order chi connectivity index (χ0) is 22.1. The zero-order valence-electron chi connectivity index (χ0n) is 17.9. The molecule has 1 saturated heterocycles. The van der Waals surface area contributed by atoms with Gasteiger partial charge in [0.15, 0.2) is 0 Å². The van der Waals surface area contributed by atoms with E-state index in [-0.39, 0.29) is 39.5 Å². The van der Waals surface area contributed by atoms with Crippen LogP contribution in [0, 0.1) is 11.3 Å². The molecule has 2 aromatic carbocycles. The first-order valence-corrected chi connectivity index (χ1v) is 12.5. The van der Waals surface area contributed by atoms with Crippen molar-refractivity contribution >= 4 is 31.5 Å². The van der Waals surface area contributed by atoms with E-state index in [1.807, 2.05) is 54.6 Å². The topological polar surface area (TPSA) is 55.8 Å². The van der Waals surface area contributed by atoms with Crippen molar-refractivity contribution in [1.29, 1.82) is 0 Å². The Hall–Kier alpha value is -2.56. The molecule has 164 valence electrons. The third kappa shape index (κ3) is 5.78. The molecule has 31 heavy (non-hydrogen) atoms. The summed E-state index contributed by atoms with van der Waals surface area (Å²) in [7, 11) is 1.42. The Kier molecular flexibility index (Phi) is 8.33. The van der Waals surface area contributed by atoms with Gasteiger partial charge in [-0.2, -0.15) is 0 Å². The molecule has 1 amide bonds. The molecule has 1 fully saturated rings. The molecule has 3 rings (SSSR count). The molecule has 5 nitrogen and oxygen atoms in total. The molecule has 2 atom stereocenters. The van der Waals surface area contributed by atoms with Gasteiger partial charge in [-0.25, -0.2) is 0 Å². The van der Waals surface area contributed by atoms with Crippen molar-refractivity contribution in [3.05, 3.63) is 78.9 Å². The fourth-order valence-corrected chi connectivity index (χ4v) is 6.48. The van der Waals surface area contributed by atoms with Crippen molar-refractivity contribution in [3.8, 4) is 0 Å². The molecule has 6 heteroatoms. The first kappa shape index (κ1) is 23.1. The average molecular weight is 486 g/mol. The molecule has 0 spiro atoms. The summed E-state index contributed by atoms with van der Waals surface area (Å²) in [4.78, 5) is 27.5. The summed E-state index contributed by atoms with van der Waals surface area (Å²) in [6.45, 7) is 4.85. The van der Waals surface area contributed by atoms with Crippen LogP contribution in [0.5, 0.6) is 0 Å². The van der Waals surface area contributed by atoms with Crippen molar-refractivity contribution < 1.29 is 19.1 Å². The third-order valence-corrected chi connectivity index (χ3v) is 8.20. The van der Waals surface area contributed by atoms with Crippen molar-refractivity contribution in [2.24, 2.45) is 11.3 Å². The average Bonchev–Trinajstić information content (AvgIpc) is 3.20. The van der Waals surface area contributed by atoms with Crippen LogP contribution in [0.3, 0.4) is 0 Å². The fourth-order valence-electron chi connectivity index (χ4n) is 4.03. The molecule has 0 aromatic heterocycles. The van der Waals surface area contributed by atoms with E-state index in [1.54, 1.807) is 4.90 Å². The van der Waals surface area contributed by atoms with Crippen LogP contribution >= 0.6 is 0 Å². The number of rotatable bonds is 9. The van der Waals surface area contributed by atoms with E-state index in [1.165, 1.54) is 11.6 Å². The Morgan fingerprint density at radius 1 is 1.16 bits per heavy atom.